The summed E-state index contributed by atoms with van der Waals surface area (Å²) in [7, 11) is -1.05. The average molecular weight is 283 g/mol. The van der Waals surface area contributed by atoms with Gasteiger partial charge in [0.25, 0.3) is 0 Å². The van der Waals surface area contributed by atoms with Crippen molar-refractivity contribution in [1.29, 1.82) is 0 Å². The summed E-state index contributed by atoms with van der Waals surface area (Å²) in [6.45, 7) is 9.90. The monoisotopic (exact) mass is 283 g/mol. The molecule has 0 amide bonds. The third-order valence-electron chi connectivity index (χ3n) is 2.84. The highest BCUT2D eigenvalue weighted by molar-refractivity contribution is 6.76. The van der Waals surface area contributed by atoms with Crippen molar-refractivity contribution in [1.82, 2.24) is 9.55 Å². The zero-order valence-corrected chi connectivity index (χ0v) is 13.3. The predicted molar refractivity (Wildman–Crippen MR) is 78.7 cm³/mol. The van der Waals surface area contributed by atoms with Gasteiger partial charge in [0.2, 0.25) is 0 Å². The van der Waals surface area contributed by atoms with Crippen LogP contribution >= 0.6 is 0 Å². The molecule has 0 radical (unpaired) electrons. The molecule has 6 heteroatoms. The van der Waals surface area contributed by atoms with Gasteiger partial charge in [-0.25, -0.2) is 4.98 Å². The zero-order valence-electron chi connectivity index (χ0n) is 12.3. The minimum absolute atomic E-state index is 0.418. The Hall–Kier alpha value is -0.983. The minimum atomic E-state index is -1.05. The Morgan fingerprint density at radius 1 is 1.53 bits per heavy atom. The molecular formula is C13H25N3O2Si. The lowest BCUT2D eigenvalue weighted by atomic mass is 10.0. The Morgan fingerprint density at radius 2 is 2.21 bits per heavy atom. The lowest BCUT2D eigenvalue weighted by Crippen LogP contribution is -2.41. The van der Waals surface area contributed by atoms with Gasteiger partial charge in [0, 0.05) is 33.5 Å². The first-order chi connectivity index (χ1) is 8.73. The molecule has 19 heavy (non-hydrogen) atoms. The van der Waals surface area contributed by atoms with Crippen LogP contribution in [0.1, 0.15) is 12.7 Å². The average Bonchev–Trinajstić information content (AvgIpc) is 2.70. The molecule has 1 aromatic heterocycles. The second-order valence-corrected chi connectivity index (χ2v) is 12.1. The first-order valence-corrected chi connectivity index (χ1v) is 10.3. The number of imidazole rings is 1. The molecule has 0 unspecified atom stereocenters. The van der Waals surface area contributed by atoms with Gasteiger partial charge in [-0.05, 0) is 13.0 Å². The Morgan fingerprint density at radius 3 is 2.79 bits per heavy atom. The maximum absolute atomic E-state index is 10.8. The summed E-state index contributed by atoms with van der Waals surface area (Å²) in [5.41, 5.74) is 4.96. The fourth-order valence-corrected chi connectivity index (χ4v) is 2.31. The van der Waals surface area contributed by atoms with Crippen LogP contribution < -0.4 is 5.73 Å². The molecule has 1 heterocycles. The smallest absolute Gasteiger partial charge is 0.139 e. The molecule has 0 saturated carbocycles. The van der Waals surface area contributed by atoms with Gasteiger partial charge in [0.05, 0.1) is 5.54 Å². The highest BCUT2D eigenvalue weighted by atomic mass is 28.3. The van der Waals surface area contributed by atoms with Crippen molar-refractivity contribution in [2.24, 2.45) is 5.73 Å². The van der Waals surface area contributed by atoms with Crippen molar-refractivity contribution in [3.05, 3.63) is 18.2 Å². The van der Waals surface area contributed by atoms with Crippen molar-refractivity contribution in [3.8, 4) is 0 Å². The largest absolute Gasteiger partial charge is 0.361 e. The van der Waals surface area contributed by atoms with E-state index in [4.69, 9.17) is 10.5 Å². The van der Waals surface area contributed by atoms with E-state index in [1.807, 2.05) is 10.8 Å². The summed E-state index contributed by atoms with van der Waals surface area (Å²) in [6.07, 6.45) is 4.74. The topological polar surface area (TPSA) is 70.1 Å². The standard InChI is InChI=1S/C13H25N3O2Si/c1-13(14,10-17)9-12-15-5-6-16(12)11-18-7-8-19(2,3)4/h5-6,10H,7-9,11,14H2,1-4H3/t13-/m0/s1. The zero-order chi connectivity index (χ0) is 14.5. The van der Waals surface area contributed by atoms with E-state index in [9.17, 15) is 4.79 Å². The number of rotatable bonds is 8. The van der Waals surface area contributed by atoms with Gasteiger partial charge in [-0.3, -0.25) is 0 Å². The molecule has 0 aliphatic heterocycles. The van der Waals surface area contributed by atoms with Crippen LogP contribution in [0.15, 0.2) is 12.4 Å². The number of ether oxygens (including phenoxy) is 1. The molecule has 0 saturated heterocycles. The Bertz CT molecular complexity index is 410. The van der Waals surface area contributed by atoms with E-state index in [0.29, 0.717) is 13.2 Å². The van der Waals surface area contributed by atoms with Crippen LogP contribution in [0.2, 0.25) is 25.7 Å². The number of nitrogens with zero attached hydrogens (tertiary/aromatic N) is 2. The van der Waals surface area contributed by atoms with Gasteiger partial charge in [0.15, 0.2) is 0 Å². The van der Waals surface area contributed by atoms with Gasteiger partial charge >= 0.3 is 0 Å². The Labute approximate surface area is 116 Å². The van der Waals surface area contributed by atoms with Crippen molar-refractivity contribution in [2.75, 3.05) is 6.61 Å². The summed E-state index contributed by atoms with van der Waals surface area (Å²) in [6, 6.07) is 1.14. The number of aldehydes is 1. The number of carbonyl (C=O) groups is 1. The lowest BCUT2D eigenvalue weighted by molar-refractivity contribution is -0.111. The normalized spacial score (nSPS) is 15.2. The quantitative estimate of drug-likeness (QED) is 0.447. The van der Waals surface area contributed by atoms with E-state index in [1.165, 1.54) is 0 Å². The van der Waals surface area contributed by atoms with Crippen molar-refractivity contribution in [3.63, 3.8) is 0 Å². The van der Waals surface area contributed by atoms with Gasteiger partial charge in [-0.15, -0.1) is 0 Å². The van der Waals surface area contributed by atoms with Gasteiger partial charge < -0.3 is 19.8 Å². The molecule has 1 aromatic rings. The number of hydrogen-bond donors (Lipinski definition) is 1. The van der Waals surface area contributed by atoms with E-state index in [2.05, 4.69) is 24.6 Å². The first-order valence-electron chi connectivity index (χ1n) is 6.56. The van der Waals surface area contributed by atoms with E-state index in [-0.39, 0.29) is 0 Å². The molecule has 2 N–H and O–H groups in total. The van der Waals surface area contributed by atoms with Crippen LogP contribution in [-0.2, 0) is 22.7 Å². The van der Waals surface area contributed by atoms with Crippen molar-refractivity contribution in [2.45, 2.75) is 51.3 Å². The predicted octanol–water partition coefficient (Wildman–Crippen LogP) is 1.65. The summed E-state index contributed by atoms with van der Waals surface area (Å²) >= 11 is 0. The van der Waals surface area contributed by atoms with Crippen LogP contribution in [0.5, 0.6) is 0 Å². The minimum Gasteiger partial charge on any atom is -0.361 e. The van der Waals surface area contributed by atoms with Crippen molar-refractivity contribution < 1.29 is 9.53 Å². The number of carbonyl (C=O) groups excluding carboxylic acids is 1. The SMILES string of the molecule is C[C@@](N)(C=O)Cc1nccn1COCC[Si](C)(C)C. The van der Waals surface area contributed by atoms with E-state index < -0.39 is 13.6 Å². The number of aromatic nitrogens is 2. The van der Waals surface area contributed by atoms with Crippen LogP contribution in [0.4, 0.5) is 0 Å². The molecule has 108 valence electrons. The number of nitrogens with two attached hydrogens (primary N) is 1. The van der Waals surface area contributed by atoms with E-state index >= 15 is 0 Å². The fraction of sp³-hybridized carbons (Fsp3) is 0.692. The Kier molecular flexibility index (Phi) is 5.46. The van der Waals surface area contributed by atoms with E-state index in [1.54, 1.807) is 13.1 Å². The number of hydrogen-bond acceptors (Lipinski definition) is 4. The maximum atomic E-state index is 10.8. The van der Waals surface area contributed by atoms with Crippen LogP contribution in [0.3, 0.4) is 0 Å². The van der Waals surface area contributed by atoms with Gasteiger partial charge in [-0.1, -0.05) is 19.6 Å². The second-order valence-electron chi connectivity index (χ2n) is 6.46. The van der Waals surface area contributed by atoms with Crippen molar-refractivity contribution >= 4 is 14.4 Å². The second kappa shape index (κ2) is 6.45. The molecule has 0 aromatic carbocycles. The molecule has 0 spiro atoms. The fourth-order valence-electron chi connectivity index (χ4n) is 1.55. The highest BCUT2D eigenvalue weighted by Gasteiger charge is 2.20. The van der Waals surface area contributed by atoms with E-state index in [0.717, 1.165) is 24.8 Å². The molecule has 1 atom stereocenters. The Balaban J connectivity index is 2.47. The third kappa shape index (κ3) is 6.13. The summed E-state index contributed by atoms with van der Waals surface area (Å²) in [5, 5.41) is 0. The van der Waals surface area contributed by atoms with Gasteiger partial charge in [-0.2, -0.15) is 0 Å². The van der Waals surface area contributed by atoms with Gasteiger partial charge in [0.1, 0.15) is 18.8 Å². The third-order valence-corrected chi connectivity index (χ3v) is 4.54. The first kappa shape index (κ1) is 16.1. The highest BCUT2D eigenvalue weighted by Crippen LogP contribution is 2.10. The molecule has 0 aliphatic carbocycles. The summed E-state index contributed by atoms with van der Waals surface area (Å²) in [4.78, 5) is 15.1. The molecule has 0 fully saturated rings. The molecule has 0 aliphatic rings. The summed E-state index contributed by atoms with van der Waals surface area (Å²) in [5.74, 6) is 0.783. The molecular weight excluding hydrogens is 258 g/mol. The lowest BCUT2D eigenvalue weighted by Gasteiger charge is -2.18. The molecule has 1 rings (SSSR count). The van der Waals surface area contributed by atoms with Crippen LogP contribution in [-0.4, -0.2) is 36.1 Å². The molecule has 0 bridgehead atoms. The summed E-state index contributed by atoms with van der Waals surface area (Å²) < 4.78 is 7.57. The van der Waals surface area contributed by atoms with Crippen LogP contribution in [0, 0.1) is 0 Å². The van der Waals surface area contributed by atoms with Crippen LogP contribution in [0.25, 0.3) is 0 Å². The molecule has 5 nitrogen and oxygen atoms in total. The maximum Gasteiger partial charge on any atom is 0.139 e.